The fourth-order valence-electron chi connectivity index (χ4n) is 2.98. The predicted molar refractivity (Wildman–Crippen MR) is 117 cm³/mol. The normalized spacial score (nSPS) is 11.4. The van der Waals surface area contributed by atoms with Crippen molar-refractivity contribution >= 4 is 17.0 Å². The minimum atomic E-state index is -0.448. The number of phenolic OH excluding ortho intramolecular Hbond substituents is 1. The van der Waals surface area contributed by atoms with Crippen molar-refractivity contribution in [2.24, 2.45) is 0 Å². The van der Waals surface area contributed by atoms with E-state index < -0.39 is 5.97 Å². The molecule has 3 aromatic rings. The van der Waals surface area contributed by atoms with Gasteiger partial charge in [0.25, 0.3) is 0 Å². The van der Waals surface area contributed by atoms with Crippen LogP contribution in [0, 0.1) is 0 Å². The number of aromatic hydroxyl groups is 1. The van der Waals surface area contributed by atoms with Crippen LogP contribution in [0.4, 0.5) is 0 Å². The molecule has 3 rings (SSSR count). The summed E-state index contributed by atoms with van der Waals surface area (Å²) in [5.74, 6) is 0.741. The number of phenols is 1. The highest BCUT2D eigenvalue weighted by Gasteiger charge is 2.23. The van der Waals surface area contributed by atoms with E-state index in [1.165, 1.54) is 4.80 Å². The average Bonchev–Trinajstić information content (AvgIpc) is 3.12. The summed E-state index contributed by atoms with van der Waals surface area (Å²) in [6.45, 7) is 11.6. The van der Waals surface area contributed by atoms with E-state index in [4.69, 9.17) is 14.2 Å². The van der Waals surface area contributed by atoms with Crippen LogP contribution in [0.2, 0.25) is 0 Å². The largest absolute Gasteiger partial charge is 0.505 e. The Hall–Kier alpha value is -3.55. The lowest BCUT2D eigenvalue weighted by molar-refractivity contribution is -0.139. The molecule has 0 aliphatic heterocycles. The van der Waals surface area contributed by atoms with Crippen LogP contribution in [-0.4, -0.2) is 46.4 Å². The van der Waals surface area contributed by atoms with Crippen LogP contribution < -0.4 is 9.47 Å². The standard InChI is InChI=1S/C23H27N3O5/c1-14(2)22(28)31-10-9-30-15-7-8-17-18(11-15)25-26(24-17)19-12-16(23(3,4)5)21(29-6)13-20(19)27/h7-8,11-13,27H,1,9-10H2,2-6H3. The van der Waals surface area contributed by atoms with E-state index in [2.05, 4.69) is 37.5 Å². The lowest BCUT2D eigenvalue weighted by Gasteiger charge is -2.23. The third kappa shape index (κ3) is 4.96. The van der Waals surface area contributed by atoms with E-state index in [0.717, 1.165) is 5.56 Å². The molecule has 0 saturated carbocycles. The zero-order chi connectivity index (χ0) is 22.8. The van der Waals surface area contributed by atoms with Gasteiger partial charge in [-0.25, -0.2) is 4.79 Å². The summed E-state index contributed by atoms with van der Waals surface area (Å²) in [5, 5.41) is 19.5. The quantitative estimate of drug-likeness (QED) is 0.348. The van der Waals surface area contributed by atoms with Crippen molar-refractivity contribution < 1.29 is 24.1 Å². The van der Waals surface area contributed by atoms with E-state index in [9.17, 15) is 9.90 Å². The number of carbonyl (C=O) groups is 1. The SMILES string of the molecule is C=C(C)C(=O)OCCOc1ccc2nn(-c3cc(C(C)(C)C)c(OC)cc3O)nc2c1. The second-order valence-corrected chi connectivity index (χ2v) is 8.20. The van der Waals surface area contributed by atoms with Gasteiger partial charge in [0, 0.05) is 23.3 Å². The molecule has 0 radical (unpaired) electrons. The average molecular weight is 425 g/mol. The van der Waals surface area contributed by atoms with Gasteiger partial charge in [-0.05, 0) is 30.5 Å². The van der Waals surface area contributed by atoms with Crippen molar-refractivity contribution in [3.63, 3.8) is 0 Å². The first-order valence-electron chi connectivity index (χ1n) is 9.84. The molecule has 0 fully saturated rings. The van der Waals surface area contributed by atoms with Crippen molar-refractivity contribution in [2.75, 3.05) is 20.3 Å². The van der Waals surface area contributed by atoms with E-state index >= 15 is 0 Å². The fraction of sp³-hybridized carbons (Fsp3) is 0.348. The molecule has 0 aliphatic carbocycles. The Kier molecular flexibility index (Phi) is 6.19. The van der Waals surface area contributed by atoms with Crippen molar-refractivity contribution in [1.29, 1.82) is 0 Å². The van der Waals surface area contributed by atoms with E-state index in [1.807, 2.05) is 6.07 Å². The molecule has 1 aromatic heterocycles. The van der Waals surface area contributed by atoms with Crippen LogP contribution >= 0.6 is 0 Å². The summed E-state index contributed by atoms with van der Waals surface area (Å²) < 4.78 is 16.1. The Morgan fingerprint density at radius 1 is 1.13 bits per heavy atom. The smallest absolute Gasteiger partial charge is 0.333 e. The highest BCUT2D eigenvalue weighted by Crippen LogP contribution is 2.37. The minimum Gasteiger partial charge on any atom is -0.505 e. The van der Waals surface area contributed by atoms with E-state index in [0.29, 0.717) is 33.8 Å². The van der Waals surface area contributed by atoms with Gasteiger partial charge in [-0.2, -0.15) is 0 Å². The summed E-state index contributed by atoms with van der Waals surface area (Å²) in [6.07, 6.45) is 0. The molecule has 8 nitrogen and oxygen atoms in total. The Labute approximate surface area is 181 Å². The zero-order valence-corrected chi connectivity index (χ0v) is 18.4. The van der Waals surface area contributed by atoms with Crippen LogP contribution in [-0.2, 0) is 14.9 Å². The topological polar surface area (TPSA) is 95.7 Å². The van der Waals surface area contributed by atoms with Crippen LogP contribution in [0.3, 0.4) is 0 Å². The molecule has 0 amide bonds. The molecular weight excluding hydrogens is 398 g/mol. The molecule has 8 heteroatoms. The molecular formula is C23H27N3O5. The Morgan fingerprint density at radius 3 is 2.48 bits per heavy atom. The molecule has 1 heterocycles. The Balaban J connectivity index is 1.83. The summed E-state index contributed by atoms with van der Waals surface area (Å²) in [5.41, 5.74) is 2.77. The number of esters is 1. The summed E-state index contributed by atoms with van der Waals surface area (Å²) in [4.78, 5) is 12.8. The summed E-state index contributed by atoms with van der Waals surface area (Å²) >= 11 is 0. The number of hydrogen-bond donors (Lipinski definition) is 1. The van der Waals surface area contributed by atoms with Crippen molar-refractivity contribution in [2.45, 2.75) is 33.1 Å². The van der Waals surface area contributed by atoms with Gasteiger partial charge < -0.3 is 19.3 Å². The molecule has 31 heavy (non-hydrogen) atoms. The third-order valence-corrected chi connectivity index (χ3v) is 4.61. The number of fused-ring (bicyclic) bond motifs is 1. The Morgan fingerprint density at radius 2 is 1.84 bits per heavy atom. The highest BCUT2D eigenvalue weighted by atomic mass is 16.6. The van der Waals surface area contributed by atoms with Gasteiger partial charge in [0.1, 0.15) is 47.2 Å². The number of methoxy groups -OCH3 is 1. The maximum atomic E-state index is 11.4. The van der Waals surface area contributed by atoms with Gasteiger partial charge in [0.05, 0.1) is 7.11 Å². The Bertz CT molecular complexity index is 1130. The summed E-state index contributed by atoms with van der Waals surface area (Å²) in [6, 6.07) is 8.69. The molecule has 164 valence electrons. The van der Waals surface area contributed by atoms with Crippen LogP contribution in [0.15, 0.2) is 42.5 Å². The first-order valence-corrected chi connectivity index (χ1v) is 9.84. The van der Waals surface area contributed by atoms with Crippen LogP contribution in [0.5, 0.6) is 17.2 Å². The molecule has 0 saturated heterocycles. The number of ether oxygens (including phenoxy) is 3. The maximum Gasteiger partial charge on any atom is 0.333 e. The van der Waals surface area contributed by atoms with Gasteiger partial charge in [-0.1, -0.05) is 27.4 Å². The molecule has 2 aromatic carbocycles. The van der Waals surface area contributed by atoms with Crippen molar-refractivity contribution in [3.8, 4) is 22.9 Å². The second-order valence-electron chi connectivity index (χ2n) is 8.20. The number of carbonyl (C=O) groups excluding carboxylic acids is 1. The second kappa shape index (κ2) is 8.67. The van der Waals surface area contributed by atoms with Gasteiger partial charge in [-0.15, -0.1) is 15.0 Å². The first-order chi connectivity index (χ1) is 14.6. The molecule has 0 atom stereocenters. The number of benzene rings is 2. The van der Waals surface area contributed by atoms with Gasteiger partial charge in [-0.3, -0.25) is 0 Å². The van der Waals surface area contributed by atoms with Crippen molar-refractivity contribution in [1.82, 2.24) is 15.0 Å². The molecule has 0 bridgehead atoms. The highest BCUT2D eigenvalue weighted by molar-refractivity contribution is 5.86. The number of hydrogen-bond acceptors (Lipinski definition) is 7. The lowest BCUT2D eigenvalue weighted by atomic mass is 9.86. The van der Waals surface area contributed by atoms with Gasteiger partial charge >= 0.3 is 5.97 Å². The van der Waals surface area contributed by atoms with Crippen LogP contribution in [0.25, 0.3) is 16.7 Å². The number of nitrogens with zero attached hydrogens (tertiary/aromatic N) is 3. The minimum absolute atomic E-state index is 0.0148. The van der Waals surface area contributed by atoms with Crippen LogP contribution in [0.1, 0.15) is 33.3 Å². The van der Waals surface area contributed by atoms with E-state index in [-0.39, 0.29) is 24.4 Å². The predicted octanol–water partition coefficient (Wildman–Crippen LogP) is 3.93. The maximum absolute atomic E-state index is 11.4. The number of rotatable bonds is 7. The third-order valence-electron chi connectivity index (χ3n) is 4.61. The molecule has 0 spiro atoms. The van der Waals surface area contributed by atoms with Crippen molar-refractivity contribution in [3.05, 3.63) is 48.0 Å². The fourth-order valence-corrected chi connectivity index (χ4v) is 2.98. The van der Waals surface area contributed by atoms with Gasteiger partial charge in [0.2, 0.25) is 0 Å². The number of aromatic nitrogens is 3. The van der Waals surface area contributed by atoms with E-state index in [1.54, 1.807) is 38.3 Å². The molecule has 1 N–H and O–H groups in total. The molecule has 0 aliphatic rings. The zero-order valence-electron chi connectivity index (χ0n) is 18.4. The lowest BCUT2D eigenvalue weighted by Crippen LogP contribution is -2.14. The monoisotopic (exact) mass is 425 g/mol. The molecule has 0 unspecified atom stereocenters. The van der Waals surface area contributed by atoms with Gasteiger partial charge in [0.15, 0.2) is 0 Å². The first kappa shape index (κ1) is 22.1. The summed E-state index contributed by atoms with van der Waals surface area (Å²) in [7, 11) is 1.57.